The number of carbonyl (C=O) groups is 1. The lowest BCUT2D eigenvalue weighted by Crippen LogP contribution is -2.52. The van der Waals surface area contributed by atoms with E-state index in [2.05, 4.69) is 0 Å². The zero-order valence-corrected chi connectivity index (χ0v) is 17.0. The average Bonchev–Trinajstić information content (AvgIpc) is 3.04. The minimum Gasteiger partial charge on any atom is -0.489 e. The van der Waals surface area contributed by atoms with E-state index in [0.717, 1.165) is 11.3 Å². The Kier molecular flexibility index (Phi) is 5.48. The van der Waals surface area contributed by atoms with E-state index in [9.17, 15) is 4.79 Å². The van der Waals surface area contributed by atoms with Gasteiger partial charge in [-0.25, -0.2) is 4.79 Å². The van der Waals surface area contributed by atoms with Crippen LogP contribution >= 0.6 is 0 Å². The molecule has 6 heteroatoms. The summed E-state index contributed by atoms with van der Waals surface area (Å²) in [5, 5.41) is 0. The van der Waals surface area contributed by atoms with Gasteiger partial charge in [0, 0.05) is 12.0 Å². The van der Waals surface area contributed by atoms with Gasteiger partial charge < -0.3 is 18.9 Å². The van der Waals surface area contributed by atoms with Crippen molar-refractivity contribution < 1.29 is 23.7 Å². The fourth-order valence-corrected chi connectivity index (χ4v) is 3.59. The van der Waals surface area contributed by atoms with E-state index >= 15 is 0 Å². The first-order chi connectivity index (χ1) is 13.9. The first kappa shape index (κ1) is 19.7. The van der Waals surface area contributed by atoms with E-state index in [1.165, 1.54) is 0 Å². The summed E-state index contributed by atoms with van der Waals surface area (Å²) < 4.78 is 23.7. The van der Waals surface area contributed by atoms with Crippen molar-refractivity contribution in [1.82, 2.24) is 4.90 Å². The molecule has 0 radical (unpaired) electrons. The summed E-state index contributed by atoms with van der Waals surface area (Å²) in [5.41, 5.74) is 0.385. The highest BCUT2D eigenvalue weighted by Crippen LogP contribution is 2.38. The quantitative estimate of drug-likeness (QED) is 0.759. The molecule has 29 heavy (non-hydrogen) atoms. The molecule has 0 saturated carbocycles. The van der Waals surface area contributed by atoms with Crippen molar-refractivity contribution in [3.63, 3.8) is 0 Å². The SMILES string of the molecule is CC(C)(C)OC(=O)N1C[C@H](Oc2ccccc2)C[C@@H]1C1OC(c2ccccc2)O1. The van der Waals surface area contributed by atoms with E-state index in [0.29, 0.717) is 13.0 Å². The number of nitrogens with zero attached hydrogens (tertiary/aromatic N) is 1. The van der Waals surface area contributed by atoms with Gasteiger partial charge in [0.1, 0.15) is 17.5 Å². The molecule has 2 atom stereocenters. The van der Waals surface area contributed by atoms with Gasteiger partial charge in [0.2, 0.25) is 0 Å². The van der Waals surface area contributed by atoms with Gasteiger partial charge in [-0.15, -0.1) is 0 Å². The molecular weight excluding hydrogens is 370 g/mol. The standard InChI is InChI=1S/C23H27NO5/c1-23(2,3)29-22(25)24-15-18(26-17-12-8-5-9-13-17)14-19(24)21-27-20(28-21)16-10-6-4-7-11-16/h4-13,18-21H,14-15H2,1-3H3/t18-,19-,20?,21?/m1/s1. The van der Waals surface area contributed by atoms with Crippen molar-refractivity contribution in [2.24, 2.45) is 0 Å². The Bertz CT molecular complexity index is 814. The van der Waals surface area contributed by atoms with Crippen LogP contribution in [0.1, 0.15) is 39.0 Å². The largest absolute Gasteiger partial charge is 0.489 e. The van der Waals surface area contributed by atoms with Crippen LogP contribution in [0.5, 0.6) is 5.75 Å². The van der Waals surface area contributed by atoms with Crippen LogP contribution in [-0.4, -0.2) is 41.6 Å². The summed E-state index contributed by atoms with van der Waals surface area (Å²) >= 11 is 0. The molecule has 1 amide bonds. The molecule has 6 nitrogen and oxygen atoms in total. The minimum atomic E-state index is -0.575. The molecular formula is C23H27NO5. The second-order valence-corrected chi connectivity index (χ2v) is 8.37. The van der Waals surface area contributed by atoms with E-state index in [4.69, 9.17) is 18.9 Å². The Morgan fingerprint density at radius 1 is 1.00 bits per heavy atom. The zero-order chi connectivity index (χ0) is 20.4. The molecule has 2 aliphatic heterocycles. The number of hydrogen-bond donors (Lipinski definition) is 0. The van der Waals surface area contributed by atoms with Gasteiger partial charge >= 0.3 is 6.09 Å². The van der Waals surface area contributed by atoms with Crippen molar-refractivity contribution in [1.29, 1.82) is 0 Å². The van der Waals surface area contributed by atoms with Gasteiger partial charge in [-0.1, -0.05) is 48.5 Å². The van der Waals surface area contributed by atoms with Gasteiger partial charge in [-0.3, -0.25) is 4.90 Å². The summed E-state index contributed by atoms with van der Waals surface area (Å²) in [6.45, 7) is 5.99. The number of amides is 1. The summed E-state index contributed by atoms with van der Waals surface area (Å²) in [5.74, 6) is 0.778. The van der Waals surface area contributed by atoms with Crippen LogP contribution in [0.4, 0.5) is 4.79 Å². The predicted molar refractivity (Wildman–Crippen MR) is 107 cm³/mol. The molecule has 4 rings (SSSR count). The van der Waals surface area contributed by atoms with E-state index in [-0.39, 0.29) is 18.2 Å². The zero-order valence-electron chi connectivity index (χ0n) is 17.0. The van der Waals surface area contributed by atoms with Crippen molar-refractivity contribution in [2.75, 3.05) is 6.54 Å². The lowest BCUT2D eigenvalue weighted by atomic mass is 10.1. The van der Waals surface area contributed by atoms with Crippen LogP contribution < -0.4 is 4.74 Å². The molecule has 2 aromatic carbocycles. The normalized spacial score (nSPS) is 26.7. The Balaban J connectivity index is 1.44. The highest BCUT2D eigenvalue weighted by molar-refractivity contribution is 5.69. The molecule has 0 aliphatic carbocycles. The molecule has 0 unspecified atom stereocenters. The molecule has 0 bridgehead atoms. The highest BCUT2D eigenvalue weighted by atomic mass is 16.9. The van der Waals surface area contributed by atoms with Crippen LogP contribution in [0, 0.1) is 0 Å². The summed E-state index contributed by atoms with van der Waals surface area (Å²) in [6, 6.07) is 19.1. The Hall–Kier alpha value is -2.57. The second kappa shape index (κ2) is 8.05. The Morgan fingerprint density at radius 2 is 1.62 bits per heavy atom. The van der Waals surface area contributed by atoms with Crippen LogP contribution in [0.25, 0.3) is 0 Å². The number of likely N-dealkylation sites (tertiary alicyclic amines) is 1. The van der Waals surface area contributed by atoms with Crippen LogP contribution in [0.3, 0.4) is 0 Å². The van der Waals surface area contributed by atoms with Gasteiger partial charge in [-0.05, 0) is 32.9 Å². The molecule has 2 aliphatic rings. The monoisotopic (exact) mass is 397 g/mol. The van der Waals surface area contributed by atoms with E-state index in [1.54, 1.807) is 4.90 Å². The summed E-state index contributed by atoms with van der Waals surface area (Å²) in [6.07, 6.45) is -0.830. The van der Waals surface area contributed by atoms with Gasteiger partial charge in [0.05, 0.1) is 12.6 Å². The van der Waals surface area contributed by atoms with Crippen molar-refractivity contribution in [3.05, 3.63) is 66.2 Å². The maximum Gasteiger partial charge on any atom is 0.410 e. The van der Waals surface area contributed by atoms with E-state index < -0.39 is 18.2 Å². The molecule has 2 fully saturated rings. The Morgan fingerprint density at radius 3 is 2.24 bits per heavy atom. The molecule has 0 N–H and O–H groups in total. The van der Waals surface area contributed by atoms with Crippen molar-refractivity contribution >= 4 is 6.09 Å². The third-order valence-corrected chi connectivity index (χ3v) is 4.88. The number of para-hydroxylation sites is 1. The van der Waals surface area contributed by atoms with Crippen molar-refractivity contribution in [2.45, 2.75) is 57.5 Å². The third kappa shape index (κ3) is 4.71. The lowest BCUT2D eigenvalue weighted by molar-refractivity contribution is -0.402. The summed E-state index contributed by atoms with van der Waals surface area (Å²) in [7, 11) is 0. The Labute approximate surface area is 171 Å². The van der Waals surface area contributed by atoms with Crippen LogP contribution in [0.2, 0.25) is 0 Å². The number of ether oxygens (including phenoxy) is 4. The fraction of sp³-hybridized carbons (Fsp3) is 0.435. The van der Waals surface area contributed by atoms with Crippen molar-refractivity contribution in [3.8, 4) is 5.75 Å². The first-order valence-electron chi connectivity index (χ1n) is 9.96. The molecule has 154 valence electrons. The molecule has 0 spiro atoms. The van der Waals surface area contributed by atoms with Gasteiger partial charge in [0.25, 0.3) is 0 Å². The van der Waals surface area contributed by atoms with Gasteiger partial charge in [0.15, 0.2) is 12.6 Å². The molecule has 2 saturated heterocycles. The van der Waals surface area contributed by atoms with E-state index in [1.807, 2.05) is 81.4 Å². The maximum atomic E-state index is 12.8. The lowest BCUT2D eigenvalue weighted by Gasteiger charge is -2.42. The molecule has 2 heterocycles. The molecule has 2 aromatic rings. The minimum absolute atomic E-state index is 0.155. The smallest absolute Gasteiger partial charge is 0.410 e. The average molecular weight is 397 g/mol. The summed E-state index contributed by atoms with van der Waals surface area (Å²) in [4.78, 5) is 14.5. The predicted octanol–water partition coefficient (Wildman–Crippen LogP) is 4.52. The second-order valence-electron chi connectivity index (χ2n) is 8.37. The number of rotatable bonds is 4. The topological polar surface area (TPSA) is 57.2 Å². The number of benzene rings is 2. The van der Waals surface area contributed by atoms with Gasteiger partial charge in [-0.2, -0.15) is 0 Å². The maximum absolute atomic E-state index is 12.8. The van der Waals surface area contributed by atoms with Crippen LogP contribution in [-0.2, 0) is 14.2 Å². The molecule has 0 aromatic heterocycles. The number of hydrogen-bond acceptors (Lipinski definition) is 5. The third-order valence-electron chi connectivity index (χ3n) is 4.88. The van der Waals surface area contributed by atoms with Crippen LogP contribution in [0.15, 0.2) is 60.7 Å². The first-order valence-corrected chi connectivity index (χ1v) is 9.96. The fourth-order valence-electron chi connectivity index (χ4n) is 3.59. The highest BCUT2D eigenvalue weighted by Gasteiger charge is 2.49. The number of carbonyl (C=O) groups excluding carboxylic acids is 1.